The van der Waals surface area contributed by atoms with Crippen LogP contribution >= 0.6 is 11.3 Å². The molecule has 0 spiro atoms. The van der Waals surface area contributed by atoms with E-state index >= 15 is 0 Å². The Morgan fingerprint density at radius 2 is 2.25 bits per heavy atom. The summed E-state index contributed by atoms with van der Waals surface area (Å²) in [5.41, 5.74) is 1.35. The van der Waals surface area contributed by atoms with Gasteiger partial charge in [-0.3, -0.25) is 14.7 Å². The van der Waals surface area contributed by atoms with Crippen molar-refractivity contribution in [1.29, 1.82) is 0 Å². The minimum absolute atomic E-state index is 0.144. The number of anilines is 1. The van der Waals surface area contributed by atoms with Gasteiger partial charge >= 0.3 is 0 Å². The first-order valence-corrected chi connectivity index (χ1v) is 5.67. The van der Waals surface area contributed by atoms with Crippen LogP contribution in [0.25, 0.3) is 0 Å². The summed E-state index contributed by atoms with van der Waals surface area (Å²) in [5.74, 6) is -0.144. The van der Waals surface area contributed by atoms with Gasteiger partial charge < -0.3 is 0 Å². The van der Waals surface area contributed by atoms with Crippen molar-refractivity contribution in [2.24, 2.45) is 0 Å². The summed E-state index contributed by atoms with van der Waals surface area (Å²) >= 11 is 1.45. The molecule has 0 fully saturated rings. The van der Waals surface area contributed by atoms with Gasteiger partial charge in [-0.15, -0.1) is 11.3 Å². The molecule has 1 amide bonds. The fourth-order valence-electron chi connectivity index (χ4n) is 1.24. The first kappa shape index (κ1) is 10.8. The molecule has 0 bridgehead atoms. The lowest BCUT2D eigenvalue weighted by Gasteiger charge is -2.12. The van der Waals surface area contributed by atoms with E-state index in [1.165, 1.54) is 16.2 Å². The van der Waals surface area contributed by atoms with Crippen LogP contribution in [0.3, 0.4) is 0 Å². The van der Waals surface area contributed by atoms with E-state index in [1.807, 2.05) is 12.3 Å². The van der Waals surface area contributed by atoms with Crippen molar-refractivity contribution in [2.45, 2.75) is 6.92 Å². The predicted octanol–water partition coefficient (Wildman–Crippen LogP) is 2.12. The summed E-state index contributed by atoms with van der Waals surface area (Å²) in [6.45, 7) is 1.90. The average molecular weight is 233 g/mol. The fraction of sp³-hybridized carbons (Fsp3) is 0.182. The maximum Gasteiger partial charge on any atom is 0.278 e. The van der Waals surface area contributed by atoms with Gasteiger partial charge in [0.15, 0.2) is 5.13 Å². The monoisotopic (exact) mass is 233 g/mol. The number of hydrogen-bond donors (Lipinski definition) is 0. The largest absolute Gasteiger partial charge is 0.286 e. The average Bonchev–Trinajstić information content (AvgIpc) is 2.75. The van der Waals surface area contributed by atoms with E-state index in [-0.39, 0.29) is 5.91 Å². The van der Waals surface area contributed by atoms with Crippen LogP contribution < -0.4 is 4.90 Å². The highest BCUT2D eigenvalue weighted by Gasteiger charge is 2.16. The summed E-state index contributed by atoms with van der Waals surface area (Å²) in [7, 11) is 1.70. The van der Waals surface area contributed by atoms with E-state index in [9.17, 15) is 4.79 Å². The molecule has 2 rings (SSSR count). The zero-order valence-electron chi connectivity index (χ0n) is 9.04. The topological polar surface area (TPSA) is 46.1 Å². The number of aromatic nitrogens is 2. The van der Waals surface area contributed by atoms with Gasteiger partial charge in [-0.2, -0.15) is 0 Å². The lowest BCUT2D eigenvalue weighted by atomic mass is 10.3. The number of hydrogen-bond acceptors (Lipinski definition) is 4. The Morgan fingerprint density at radius 1 is 1.44 bits per heavy atom. The van der Waals surface area contributed by atoms with Crippen LogP contribution in [-0.4, -0.2) is 22.9 Å². The molecule has 5 heteroatoms. The fourth-order valence-corrected chi connectivity index (χ4v) is 2.01. The van der Waals surface area contributed by atoms with Gasteiger partial charge in [-0.05, 0) is 19.1 Å². The molecular weight excluding hydrogens is 222 g/mol. The van der Waals surface area contributed by atoms with Gasteiger partial charge in [-0.25, -0.2) is 4.98 Å². The van der Waals surface area contributed by atoms with Gasteiger partial charge in [0, 0.05) is 18.6 Å². The lowest BCUT2D eigenvalue weighted by Crippen LogP contribution is -2.26. The zero-order chi connectivity index (χ0) is 11.5. The third-order valence-corrected chi connectivity index (χ3v) is 3.12. The Hall–Kier alpha value is -1.75. The minimum Gasteiger partial charge on any atom is -0.286 e. The van der Waals surface area contributed by atoms with E-state index in [4.69, 9.17) is 0 Å². The van der Waals surface area contributed by atoms with E-state index < -0.39 is 0 Å². The van der Waals surface area contributed by atoms with Crippen LogP contribution in [0.2, 0.25) is 0 Å². The number of rotatable bonds is 2. The standard InChI is InChI=1S/C11H11N3OS/c1-8-7-16-11(13-8)14(2)10(15)9-5-3-4-6-12-9/h3-7H,1-2H3. The first-order valence-electron chi connectivity index (χ1n) is 4.79. The van der Waals surface area contributed by atoms with Gasteiger partial charge in [0.25, 0.3) is 5.91 Å². The van der Waals surface area contributed by atoms with Gasteiger partial charge in [0.2, 0.25) is 0 Å². The molecule has 0 aliphatic carbocycles. The molecule has 0 aliphatic rings. The molecule has 0 radical (unpaired) electrons. The summed E-state index contributed by atoms with van der Waals surface area (Å²) in [5, 5.41) is 2.60. The van der Waals surface area contributed by atoms with Crippen molar-refractivity contribution < 1.29 is 4.79 Å². The molecule has 0 N–H and O–H groups in total. The molecule has 16 heavy (non-hydrogen) atoms. The number of amides is 1. The molecule has 0 aromatic carbocycles. The van der Waals surface area contributed by atoms with Crippen molar-refractivity contribution in [2.75, 3.05) is 11.9 Å². The Morgan fingerprint density at radius 3 is 2.81 bits per heavy atom. The van der Waals surface area contributed by atoms with Crippen molar-refractivity contribution in [1.82, 2.24) is 9.97 Å². The van der Waals surface area contributed by atoms with Gasteiger partial charge in [0.1, 0.15) is 5.69 Å². The Kier molecular flexibility index (Phi) is 2.96. The van der Waals surface area contributed by atoms with Crippen LogP contribution in [0.5, 0.6) is 0 Å². The number of aryl methyl sites for hydroxylation is 1. The Bertz CT molecular complexity index is 495. The smallest absolute Gasteiger partial charge is 0.278 e. The molecule has 0 unspecified atom stereocenters. The van der Waals surface area contributed by atoms with Gasteiger partial charge in [0.05, 0.1) is 5.69 Å². The molecule has 2 heterocycles. The van der Waals surface area contributed by atoms with E-state index in [2.05, 4.69) is 9.97 Å². The van der Waals surface area contributed by atoms with E-state index in [0.29, 0.717) is 10.8 Å². The minimum atomic E-state index is -0.144. The van der Waals surface area contributed by atoms with Crippen molar-refractivity contribution in [3.63, 3.8) is 0 Å². The maximum atomic E-state index is 12.0. The van der Waals surface area contributed by atoms with Crippen LogP contribution in [-0.2, 0) is 0 Å². The Balaban J connectivity index is 2.23. The van der Waals surface area contributed by atoms with Crippen LogP contribution in [0.15, 0.2) is 29.8 Å². The van der Waals surface area contributed by atoms with Crippen LogP contribution in [0.1, 0.15) is 16.2 Å². The van der Waals surface area contributed by atoms with E-state index in [0.717, 1.165) is 5.69 Å². The molecule has 2 aromatic heterocycles. The summed E-state index contributed by atoms with van der Waals surface area (Å²) in [4.78, 5) is 21.8. The number of nitrogens with zero attached hydrogens (tertiary/aromatic N) is 3. The SMILES string of the molecule is Cc1csc(N(C)C(=O)c2ccccn2)n1. The molecule has 82 valence electrons. The highest BCUT2D eigenvalue weighted by Crippen LogP contribution is 2.19. The van der Waals surface area contributed by atoms with Crippen LogP contribution in [0.4, 0.5) is 5.13 Å². The number of carbonyl (C=O) groups excluding carboxylic acids is 1. The molecule has 0 saturated carbocycles. The normalized spacial score (nSPS) is 10.1. The molecule has 2 aromatic rings. The van der Waals surface area contributed by atoms with Crippen molar-refractivity contribution in [3.05, 3.63) is 41.2 Å². The molecule has 0 atom stereocenters. The highest BCUT2D eigenvalue weighted by atomic mass is 32.1. The zero-order valence-corrected chi connectivity index (χ0v) is 9.86. The molecule has 0 saturated heterocycles. The second-order valence-electron chi connectivity index (χ2n) is 3.35. The molecule has 0 aliphatic heterocycles. The second-order valence-corrected chi connectivity index (χ2v) is 4.19. The lowest BCUT2D eigenvalue weighted by molar-refractivity contribution is 0.0988. The Labute approximate surface area is 97.6 Å². The number of thiazole rings is 1. The summed E-state index contributed by atoms with van der Waals surface area (Å²) in [6.07, 6.45) is 1.61. The second kappa shape index (κ2) is 4.40. The first-order chi connectivity index (χ1) is 7.68. The van der Waals surface area contributed by atoms with Crippen LogP contribution in [0, 0.1) is 6.92 Å². The van der Waals surface area contributed by atoms with E-state index in [1.54, 1.807) is 31.4 Å². The van der Waals surface area contributed by atoms with Crippen molar-refractivity contribution in [3.8, 4) is 0 Å². The third-order valence-electron chi connectivity index (χ3n) is 2.08. The summed E-state index contributed by atoms with van der Waals surface area (Å²) in [6, 6.07) is 5.27. The highest BCUT2D eigenvalue weighted by molar-refractivity contribution is 7.14. The predicted molar refractivity (Wildman–Crippen MR) is 63.8 cm³/mol. The quantitative estimate of drug-likeness (QED) is 0.798. The number of carbonyl (C=O) groups is 1. The third kappa shape index (κ3) is 2.09. The summed E-state index contributed by atoms with van der Waals surface area (Å²) < 4.78 is 0. The molecule has 4 nitrogen and oxygen atoms in total. The van der Waals surface area contributed by atoms with Gasteiger partial charge in [-0.1, -0.05) is 6.07 Å². The molecular formula is C11H11N3OS. The van der Waals surface area contributed by atoms with Crippen molar-refractivity contribution >= 4 is 22.4 Å². The number of pyridine rings is 1. The maximum absolute atomic E-state index is 12.0.